The monoisotopic (exact) mass is 257 g/mol. The third kappa shape index (κ3) is 2.64. The van der Waals surface area contributed by atoms with Gasteiger partial charge in [-0.15, -0.1) is 0 Å². The van der Waals surface area contributed by atoms with E-state index in [1.54, 1.807) is 0 Å². The number of hydrogen-bond acceptors (Lipinski definition) is 3. The van der Waals surface area contributed by atoms with E-state index in [1.165, 1.54) is 0 Å². The predicted octanol–water partition coefficient (Wildman–Crippen LogP) is 1.68. The molecule has 0 spiro atoms. The summed E-state index contributed by atoms with van der Waals surface area (Å²) in [6.45, 7) is 4.77. The summed E-state index contributed by atoms with van der Waals surface area (Å²) in [7, 11) is 1.91. The minimum Gasteiger partial charge on any atom is -0.378 e. The molecule has 2 heterocycles. The third-order valence-electron chi connectivity index (χ3n) is 3.53. The van der Waals surface area contributed by atoms with Crippen LogP contribution in [0.4, 0.5) is 0 Å². The summed E-state index contributed by atoms with van der Waals surface area (Å²) in [6, 6.07) is 0.0900. The Morgan fingerprint density at radius 3 is 2.82 bits per heavy atom. The maximum atomic E-state index is 6.24. The van der Waals surface area contributed by atoms with Crippen LogP contribution >= 0.6 is 11.6 Å². The highest BCUT2D eigenvalue weighted by molar-refractivity contribution is 6.31. The Labute approximate surface area is 107 Å². The van der Waals surface area contributed by atoms with Gasteiger partial charge in [0.1, 0.15) is 0 Å². The Morgan fingerprint density at radius 1 is 1.65 bits per heavy atom. The van der Waals surface area contributed by atoms with Gasteiger partial charge in [0.25, 0.3) is 0 Å². The lowest BCUT2D eigenvalue weighted by Gasteiger charge is -2.17. The predicted molar refractivity (Wildman–Crippen MR) is 68.2 cm³/mol. The fourth-order valence-electron chi connectivity index (χ4n) is 2.44. The van der Waals surface area contributed by atoms with Crippen molar-refractivity contribution < 1.29 is 4.74 Å². The maximum absolute atomic E-state index is 6.24. The number of rotatable bonds is 3. The van der Waals surface area contributed by atoms with Gasteiger partial charge in [0.2, 0.25) is 0 Å². The van der Waals surface area contributed by atoms with Gasteiger partial charge in [-0.2, -0.15) is 5.10 Å². The van der Waals surface area contributed by atoms with Crippen molar-refractivity contribution in [2.24, 2.45) is 18.7 Å². The molecule has 3 atom stereocenters. The van der Waals surface area contributed by atoms with Crippen LogP contribution in [0.25, 0.3) is 0 Å². The molecule has 1 aliphatic rings. The van der Waals surface area contributed by atoms with E-state index in [1.807, 2.05) is 18.7 Å². The second-order valence-electron chi connectivity index (χ2n) is 4.98. The van der Waals surface area contributed by atoms with E-state index in [-0.39, 0.29) is 6.04 Å². The Balaban J connectivity index is 2.05. The van der Waals surface area contributed by atoms with E-state index >= 15 is 0 Å². The Kier molecular flexibility index (Phi) is 3.76. The average molecular weight is 258 g/mol. The second-order valence-corrected chi connectivity index (χ2v) is 5.36. The third-order valence-corrected chi connectivity index (χ3v) is 4.02. The molecule has 17 heavy (non-hydrogen) atoms. The Bertz CT molecular complexity index is 405. The average Bonchev–Trinajstić information content (AvgIpc) is 2.79. The van der Waals surface area contributed by atoms with Gasteiger partial charge in [0.05, 0.1) is 29.1 Å². The second kappa shape index (κ2) is 4.96. The molecule has 0 saturated carbocycles. The molecule has 1 aliphatic heterocycles. The van der Waals surface area contributed by atoms with Gasteiger partial charge < -0.3 is 10.5 Å². The Morgan fingerprint density at radius 2 is 2.35 bits per heavy atom. The molecule has 0 aromatic carbocycles. The zero-order valence-corrected chi connectivity index (χ0v) is 11.4. The molecule has 96 valence electrons. The largest absolute Gasteiger partial charge is 0.378 e. The van der Waals surface area contributed by atoms with Crippen LogP contribution in [0.15, 0.2) is 0 Å². The summed E-state index contributed by atoms with van der Waals surface area (Å²) in [4.78, 5) is 0. The molecule has 1 saturated heterocycles. The lowest BCUT2D eigenvalue weighted by atomic mass is 9.94. The molecule has 1 aromatic rings. The fraction of sp³-hybridized carbons (Fsp3) is 0.750. The molecule has 0 amide bonds. The van der Waals surface area contributed by atoms with Crippen LogP contribution in [0, 0.1) is 12.8 Å². The molecule has 2 rings (SSSR count). The van der Waals surface area contributed by atoms with Gasteiger partial charge in [-0.05, 0) is 20.3 Å². The van der Waals surface area contributed by atoms with Gasteiger partial charge in [-0.3, -0.25) is 4.68 Å². The minimum atomic E-state index is 0.0900. The molecule has 5 heteroatoms. The quantitative estimate of drug-likeness (QED) is 0.896. The van der Waals surface area contributed by atoms with E-state index in [9.17, 15) is 0 Å². The van der Waals surface area contributed by atoms with E-state index in [0.29, 0.717) is 12.0 Å². The standard InChI is InChI=1S/C12H20ClN3O/c1-7-4-9(6-17-7)10(14)5-11-12(13)8(2)15-16(11)3/h7,9-10H,4-6,14H2,1-3H3. The summed E-state index contributed by atoms with van der Waals surface area (Å²) in [5, 5.41) is 5.05. The number of aryl methyl sites for hydroxylation is 2. The zero-order chi connectivity index (χ0) is 12.6. The molecule has 0 bridgehead atoms. The van der Waals surface area contributed by atoms with Gasteiger partial charge in [0.15, 0.2) is 0 Å². The van der Waals surface area contributed by atoms with Crippen LogP contribution in [0.5, 0.6) is 0 Å². The molecular formula is C12H20ClN3O. The van der Waals surface area contributed by atoms with Crippen molar-refractivity contribution in [2.75, 3.05) is 6.61 Å². The van der Waals surface area contributed by atoms with Crippen LogP contribution < -0.4 is 5.73 Å². The summed E-state index contributed by atoms with van der Waals surface area (Å²) in [5.74, 6) is 0.427. The first-order chi connectivity index (χ1) is 7.99. The van der Waals surface area contributed by atoms with Crippen LogP contribution in [-0.4, -0.2) is 28.5 Å². The number of aromatic nitrogens is 2. The zero-order valence-electron chi connectivity index (χ0n) is 10.6. The van der Waals surface area contributed by atoms with Crippen molar-refractivity contribution in [2.45, 2.75) is 38.8 Å². The summed E-state index contributed by atoms with van der Waals surface area (Å²) < 4.78 is 7.38. The fourth-order valence-corrected chi connectivity index (χ4v) is 2.68. The van der Waals surface area contributed by atoms with E-state index in [4.69, 9.17) is 22.1 Å². The molecule has 2 N–H and O–H groups in total. The molecule has 0 aliphatic carbocycles. The number of halogens is 1. The van der Waals surface area contributed by atoms with Crippen LogP contribution in [0.1, 0.15) is 24.7 Å². The Hall–Kier alpha value is -0.580. The SMILES string of the molecule is Cc1nn(C)c(CC(N)C2COC(C)C2)c1Cl. The smallest absolute Gasteiger partial charge is 0.0847 e. The van der Waals surface area contributed by atoms with Gasteiger partial charge in [-0.25, -0.2) is 0 Å². The van der Waals surface area contributed by atoms with Crippen LogP contribution in [-0.2, 0) is 18.2 Å². The van der Waals surface area contributed by atoms with Crippen molar-refractivity contribution in [1.82, 2.24) is 9.78 Å². The van der Waals surface area contributed by atoms with Crippen molar-refractivity contribution in [3.63, 3.8) is 0 Å². The van der Waals surface area contributed by atoms with E-state index in [0.717, 1.165) is 35.9 Å². The molecule has 1 aromatic heterocycles. The molecule has 3 unspecified atom stereocenters. The number of hydrogen-bond donors (Lipinski definition) is 1. The summed E-state index contributed by atoms with van der Waals surface area (Å²) >= 11 is 6.22. The lowest BCUT2D eigenvalue weighted by molar-refractivity contribution is 0.118. The highest BCUT2D eigenvalue weighted by atomic mass is 35.5. The van der Waals surface area contributed by atoms with E-state index in [2.05, 4.69) is 12.0 Å². The lowest BCUT2D eigenvalue weighted by Crippen LogP contribution is -2.33. The van der Waals surface area contributed by atoms with Crippen molar-refractivity contribution >= 4 is 11.6 Å². The van der Waals surface area contributed by atoms with Crippen molar-refractivity contribution in [3.05, 3.63) is 16.4 Å². The van der Waals surface area contributed by atoms with Crippen LogP contribution in [0.2, 0.25) is 5.02 Å². The first-order valence-electron chi connectivity index (χ1n) is 6.04. The normalized spacial score (nSPS) is 26.4. The van der Waals surface area contributed by atoms with Gasteiger partial charge in [-0.1, -0.05) is 11.6 Å². The molecule has 1 fully saturated rings. The molecule has 4 nitrogen and oxygen atoms in total. The number of ether oxygens (including phenoxy) is 1. The topological polar surface area (TPSA) is 53.1 Å². The highest BCUT2D eigenvalue weighted by Gasteiger charge is 2.28. The van der Waals surface area contributed by atoms with Gasteiger partial charge >= 0.3 is 0 Å². The van der Waals surface area contributed by atoms with Crippen molar-refractivity contribution in [1.29, 1.82) is 0 Å². The van der Waals surface area contributed by atoms with Crippen LogP contribution in [0.3, 0.4) is 0 Å². The minimum absolute atomic E-state index is 0.0900. The summed E-state index contributed by atoms with van der Waals surface area (Å²) in [5.41, 5.74) is 8.13. The first-order valence-corrected chi connectivity index (χ1v) is 6.42. The molecular weight excluding hydrogens is 238 g/mol. The number of nitrogens with two attached hydrogens (primary N) is 1. The molecule has 0 radical (unpaired) electrons. The van der Waals surface area contributed by atoms with Crippen molar-refractivity contribution in [3.8, 4) is 0 Å². The van der Waals surface area contributed by atoms with Gasteiger partial charge in [0, 0.05) is 25.4 Å². The van der Waals surface area contributed by atoms with E-state index < -0.39 is 0 Å². The number of nitrogens with zero attached hydrogens (tertiary/aromatic N) is 2. The maximum Gasteiger partial charge on any atom is 0.0847 e. The highest BCUT2D eigenvalue weighted by Crippen LogP contribution is 2.26. The summed E-state index contributed by atoms with van der Waals surface area (Å²) in [6.07, 6.45) is 2.13. The first kappa shape index (κ1) is 12.9.